The Balaban J connectivity index is 5.68. The van der Waals surface area contributed by atoms with Crippen LogP contribution in [0.15, 0.2) is 0 Å². The normalized spacial score (nSPS) is 15.2. The SMILES string of the molecule is CN(C)CCNC(=S)NCSCCC(F)(F)C(F)(F)C(F)(F)C(F)(F)C(F)(F)C(F)(F)C(F)(F)C(F)(F)F. The third-order valence-corrected chi connectivity index (χ3v) is 5.66. The number of thioether (sulfide) groups is 1. The first-order chi connectivity index (χ1) is 16.6. The number of alkyl halides is 17. The molecular formula is C16H18F17N3S2. The zero-order valence-electron chi connectivity index (χ0n) is 18.7. The quantitative estimate of drug-likeness (QED) is 0.104. The summed E-state index contributed by atoms with van der Waals surface area (Å²) in [5.41, 5.74) is 0. The van der Waals surface area contributed by atoms with Crippen molar-refractivity contribution >= 4 is 29.1 Å². The molecule has 2 N–H and O–H groups in total. The number of nitrogens with zero attached hydrogens (tertiary/aromatic N) is 1. The molecule has 0 aliphatic heterocycles. The van der Waals surface area contributed by atoms with Crippen molar-refractivity contribution in [3.05, 3.63) is 0 Å². The highest BCUT2D eigenvalue weighted by Crippen LogP contribution is 2.64. The van der Waals surface area contributed by atoms with E-state index in [0.717, 1.165) is 0 Å². The predicted molar refractivity (Wildman–Crippen MR) is 105 cm³/mol. The van der Waals surface area contributed by atoms with Gasteiger partial charge in [-0.3, -0.25) is 0 Å². The lowest BCUT2D eigenvalue weighted by molar-refractivity contribution is -0.461. The van der Waals surface area contributed by atoms with E-state index in [1.165, 1.54) is 0 Å². The van der Waals surface area contributed by atoms with Crippen LogP contribution in [0.5, 0.6) is 0 Å². The molecule has 0 spiro atoms. The third kappa shape index (κ3) is 6.74. The second kappa shape index (κ2) is 11.7. The van der Waals surface area contributed by atoms with E-state index in [2.05, 4.69) is 10.6 Å². The van der Waals surface area contributed by atoms with Gasteiger partial charge in [0.25, 0.3) is 0 Å². The van der Waals surface area contributed by atoms with E-state index in [1.807, 2.05) is 0 Å². The van der Waals surface area contributed by atoms with Gasteiger partial charge in [0.2, 0.25) is 0 Å². The Kier molecular flexibility index (Phi) is 11.4. The summed E-state index contributed by atoms with van der Waals surface area (Å²) in [6, 6.07) is 0. The highest BCUT2D eigenvalue weighted by atomic mass is 32.2. The number of hydrogen-bond donors (Lipinski definition) is 2. The van der Waals surface area contributed by atoms with Gasteiger partial charge in [0.05, 0.1) is 5.88 Å². The Morgan fingerprint density at radius 2 is 1.03 bits per heavy atom. The molecule has 0 unspecified atom stereocenters. The number of rotatable bonds is 14. The van der Waals surface area contributed by atoms with Crippen molar-refractivity contribution in [3.63, 3.8) is 0 Å². The van der Waals surface area contributed by atoms with Gasteiger partial charge in [-0.1, -0.05) is 0 Å². The molecule has 0 rings (SSSR count). The molecule has 0 aromatic heterocycles. The molecular weight excluding hydrogens is 621 g/mol. The first-order valence-electron chi connectivity index (χ1n) is 9.52. The molecule has 0 saturated carbocycles. The van der Waals surface area contributed by atoms with Gasteiger partial charge in [-0.15, -0.1) is 11.8 Å². The summed E-state index contributed by atoms with van der Waals surface area (Å²) in [5.74, 6) is -57.9. The summed E-state index contributed by atoms with van der Waals surface area (Å²) in [4.78, 5) is 1.71. The van der Waals surface area contributed by atoms with Gasteiger partial charge in [-0.2, -0.15) is 74.6 Å². The zero-order chi connectivity index (χ0) is 30.8. The van der Waals surface area contributed by atoms with Crippen LogP contribution in [0.25, 0.3) is 0 Å². The zero-order valence-corrected chi connectivity index (χ0v) is 20.4. The molecule has 0 aromatic rings. The van der Waals surface area contributed by atoms with Crippen LogP contribution in [0, 0.1) is 0 Å². The fourth-order valence-electron chi connectivity index (χ4n) is 2.20. The summed E-state index contributed by atoms with van der Waals surface area (Å²) >= 11 is 4.94. The molecule has 22 heteroatoms. The average molecular weight is 639 g/mol. The summed E-state index contributed by atoms with van der Waals surface area (Å²) in [6.07, 6.45) is -10.3. The molecule has 0 aliphatic carbocycles. The summed E-state index contributed by atoms with van der Waals surface area (Å²) in [6.45, 7) is 0.740. The monoisotopic (exact) mass is 639 g/mol. The van der Waals surface area contributed by atoms with E-state index < -0.39 is 65.7 Å². The lowest BCUT2D eigenvalue weighted by atomic mass is 9.88. The molecule has 38 heavy (non-hydrogen) atoms. The molecule has 0 heterocycles. The van der Waals surface area contributed by atoms with Crippen molar-refractivity contribution < 1.29 is 74.6 Å². The van der Waals surface area contributed by atoms with Gasteiger partial charge in [-0.25, -0.2) is 0 Å². The predicted octanol–water partition coefficient (Wildman–Crippen LogP) is 6.10. The molecule has 0 saturated heterocycles. The molecule has 0 fully saturated rings. The van der Waals surface area contributed by atoms with E-state index in [0.29, 0.717) is 6.54 Å². The maximum absolute atomic E-state index is 13.8. The minimum Gasteiger partial charge on any atom is -0.361 e. The Labute approximate surface area is 212 Å². The van der Waals surface area contributed by atoms with Gasteiger partial charge < -0.3 is 15.5 Å². The molecule has 0 aliphatic rings. The van der Waals surface area contributed by atoms with Crippen molar-refractivity contribution in [3.8, 4) is 0 Å². The van der Waals surface area contributed by atoms with Crippen molar-refractivity contribution in [1.82, 2.24) is 15.5 Å². The third-order valence-electron chi connectivity index (χ3n) is 4.53. The van der Waals surface area contributed by atoms with Gasteiger partial charge in [0, 0.05) is 25.3 Å². The summed E-state index contributed by atoms with van der Waals surface area (Å²) in [5, 5.41) is 4.81. The maximum Gasteiger partial charge on any atom is 0.460 e. The second-order valence-corrected chi connectivity index (χ2v) is 9.20. The highest BCUT2D eigenvalue weighted by molar-refractivity contribution is 7.99. The molecule has 3 nitrogen and oxygen atoms in total. The highest BCUT2D eigenvalue weighted by Gasteiger charge is 2.95. The molecule has 0 amide bonds. The van der Waals surface area contributed by atoms with E-state index in [-0.39, 0.29) is 23.4 Å². The van der Waals surface area contributed by atoms with Crippen LogP contribution in [0.4, 0.5) is 74.6 Å². The Morgan fingerprint density at radius 1 is 0.632 bits per heavy atom. The van der Waals surface area contributed by atoms with E-state index in [9.17, 15) is 74.6 Å². The maximum atomic E-state index is 13.8. The van der Waals surface area contributed by atoms with Gasteiger partial charge in [0.15, 0.2) is 5.11 Å². The minimum atomic E-state index is -8.62. The Bertz CT molecular complexity index is 799. The number of thiocarbonyl (C=S) groups is 1. The van der Waals surface area contributed by atoms with Crippen LogP contribution in [0.3, 0.4) is 0 Å². The molecule has 0 atom stereocenters. The first kappa shape index (κ1) is 36.8. The van der Waals surface area contributed by atoms with Crippen LogP contribution in [0.2, 0.25) is 0 Å². The van der Waals surface area contributed by atoms with Gasteiger partial charge >= 0.3 is 47.6 Å². The number of halogens is 17. The lowest BCUT2D eigenvalue weighted by Crippen LogP contribution is -2.74. The van der Waals surface area contributed by atoms with Crippen LogP contribution in [-0.4, -0.2) is 96.5 Å². The average Bonchev–Trinajstić information content (AvgIpc) is 2.71. The largest absolute Gasteiger partial charge is 0.460 e. The van der Waals surface area contributed by atoms with Crippen LogP contribution < -0.4 is 10.6 Å². The summed E-state index contributed by atoms with van der Waals surface area (Å²) in [7, 11) is 3.38. The number of nitrogens with one attached hydrogen (secondary N) is 2. The Morgan fingerprint density at radius 3 is 1.42 bits per heavy atom. The topological polar surface area (TPSA) is 27.3 Å². The fourth-order valence-corrected chi connectivity index (χ4v) is 3.26. The van der Waals surface area contributed by atoms with Crippen LogP contribution in [-0.2, 0) is 0 Å². The second-order valence-electron chi connectivity index (χ2n) is 7.69. The lowest BCUT2D eigenvalue weighted by Gasteiger charge is -2.42. The van der Waals surface area contributed by atoms with Gasteiger partial charge in [0.1, 0.15) is 0 Å². The number of likely N-dealkylation sites (N-methyl/N-ethyl adjacent to an activating group) is 1. The van der Waals surface area contributed by atoms with Crippen molar-refractivity contribution in [2.45, 2.75) is 54.1 Å². The smallest absolute Gasteiger partial charge is 0.361 e. The van der Waals surface area contributed by atoms with Crippen LogP contribution >= 0.6 is 24.0 Å². The number of hydrogen-bond acceptors (Lipinski definition) is 3. The van der Waals surface area contributed by atoms with Crippen molar-refractivity contribution in [2.24, 2.45) is 0 Å². The molecule has 0 aromatic carbocycles. The van der Waals surface area contributed by atoms with Gasteiger partial charge in [-0.05, 0) is 26.3 Å². The summed E-state index contributed by atoms with van der Waals surface area (Å²) < 4.78 is 224. The van der Waals surface area contributed by atoms with E-state index in [4.69, 9.17) is 12.2 Å². The standard InChI is InChI=1S/C16H18F17N3S2/c1-36(2)5-4-34-8(37)35-7-38-6-3-9(17,18)10(19,20)11(21,22)12(23,24)13(25,26)14(27,28)15(29,30)16(31,32)33/h3-7H2,1-2H3,(H2,34,35,37). The van der Waals surface area contributed by atoms with Crippen LogP contribution in [0.1, 0.15) is 6.42 Å². The minimum absolute atomic E-state index is 0.0959. The molecule has 0 bridgehead atoms. The molecule has 0 radical (unpaired) electrons. The van der Waals surface area contributed by atoms with E-state index in [1.54, 1.807) is 19.0 Å². The van der Waals surface area contributed by atoms with Crippen molar-refractivity contribution in [1.29, 1.82) is 0 Å². The van der Waals surface area contributed by atoms with Crippen molar-refractivity contribution in [2.75, 3.05) is 38.8 Å². The first-order valence-corrected chi connectivity index (χ1v) is 11.1. The Hall–Kier alpha value is -1.19. The fraction of sp³-hybridized carbons (Fsp3) is 0.938. The van der Waals surface area contributed by atoms with E-state index >= 15 is 0 Å². The molecule has 228 valence electrons.